The number of rotatable bonds is 8. The molecule has 1 aromatic carbocycles. The van der Waals surface area contributed by atoms with Crippen LogP contribution in [0.15, 0.2) is 22.7 Å². The molecule has 0 N–H and O–H groups in total. The van der Waals surface area contributed by atoms with Crippen LogP contribution in [0.5, 0.6) is 5.75 Å². The summed E-state index contributed by atoms with van der Waals surface area (Å²) in [5.74, 6) is 1.56. The predicted octanol–water partition coefficient (Wildman–Crippen LogP) is 4.58. The highest BCUT2D eigenvalue weighted by atomic mass is 79.9. The molecule has 1 aromatic rings. The molecule has 25 heavy (non-hydrogen) atoms. The zero-order chi connectivity index (χ0) is 18.2. The molecule has 1 aliphatic heterocycles. The average Bonchev–Trinajstić information content (AvgIpc) is 2.57. The van der Waals surface area contributed by atoms with Crippen molar-refractivity contribution >= 4 is 21.9 Å². The summed E-state index contributed by atoms with van der Waals surface area (Å²) in [7, 11) is 0. The number of carbonyl (C=O) groups excluding carboxylic acids is 1. The molecule has 2 atom stereocenters. The van der Waals surface area contributed by atoms with Crippen molar-refractivity contribution in [1.29, 1.82) is 0 Å². The van der Waals surface area contributed by atoms with Crippen LogP contribution < -0.4 is 4.74 Å². The Labute approximate surface area is 160 Å². The fourth-order valence-corrected chi connectivity index (χ4v) is 3.70. The van der Waals surface area contributed by atoms with E-state index in [1.165, 1.54) is 12.0 Å². The molecule has 5 heteroatoms. The van der Waals surface area contributed by atoms with Crippen LogP contribution >= 0.6 is 15.9 Å². The lowest BCUT2D eigenvalue weighted by molar-refractivity contribution is -0.145. The van der Waals surface area contributed by atoms with E-state index in [4.69, 9.17) is 9.47 Å². The maximum absolute atomic E-state index is 11.6. The summed E-state index contributed by atoms with van der Waals surface area (Å²) >= 11 is 3.51. The lowest BCUT2D eigenvalue weighted by atomic mass is 9.88. The number of ether oxygens (including phenoxy) is 2. The van der Waals surface area contributed by atoms with E-state index in [1.807, 2.05) is 19.1 Å². The fraction of sp³-hybridized carbons (Fsp3) is 0.650. The lowest BCUT2D eigenvalue weighted by Crippen LogP contribution is -2.43. The Morgan fingerprint density at radius 2 is 2.20 bits per heavy atom. The summed E-state index contributed by atoms with van der Waals surface area (Å²) in [5.41, 5.74) is 1.19. The Balaban J connectivity index is 1.65. The molecule has 0 aromatic heterocycles. The monoisotopic (exact) mass is 411 g/mol. The van der Waals surface area contributed by atoms with E-state index in [2.05, 4.69) is 40.7 Å². The standard InChI is InChI=1S/C20H30BrNO3/c1-4-24-20(23)14-22-10-9-17(13-16(22)3)6-5-11-25-18-7-8-19(21)15(2)12-18/h7-8,12,16-17H,4-6,9-11,13-14H2,1-3H3/t16-,17-/m0/s1. The van der Waals surface area contributed by atoms with E-state index >= 15 is 0 Å². The smallest absolute Gasteiger partial charge is 0.320 e. The van der Waals surface area contributed by atoms with E-state index in [1.54, 1.807) is 0 Å². The quantitative estimate of drug-likeness (QED) is 0.463. The zero-order valence-electron chi connectivity index (χ0n) is 15.6. The van der Waals surface area contributed by atoms with Gasteiger partial charge in [0, 0.05) is 10.5 Å². The van der Waals surface area contributed by atoms with Gasteiger partial charge in [-0.05, 0) is 82.7 Å². The summed E-state index contributed by atoms with van der Waals surface area (Å²) in [5, 5.41) is 0. The Morgan fingerprint density at radius 3 is 2.88 bits per heavy atom. The number of esters is 1. The lowest BCUT2D eigenvalue weighted by Gasteiger charge is -2.37. The van der Waals surface area contributed by atoms with Gasteiger partial charge in [0.15, 0.2) is 0 Å². The van der Waals surface area contributed by atoms with Gasteiger partial charge >= 0.3 is 5.97 Å². The second-order valence-electron chi connectivity index (χ2n) is 6.92. The van der Waals surface area contributed by atoms with Gasteiger partial charge in [0.1, 0.15) is 5.75 Å². The SMILES string of the molecule is CCOC(=O)CN1CC[C@H](CCCOc2ccc(Br)c(C)c2)C[C@@H]1C. The first kappa shape index (κ1) is 20.2. The summed E-state index contributed by atoms with van der Waals surface area (Å²) in [6.07, 6.45) is 4.56. The normalized spacial score (nSPS) is 21.1. The highest BCUT2D eigenvalue weighted by molar-refractivity contribution is 9.10. The molecule has 0 spiro atoms. The van der Waals surface area contributed by atoms with Crippen LogP contribution in [0.4, 0.5) is 0 Å². The zero-order valence-corrected chi connectivity index (χ0v) is 17.2. The van der Waals surface area contributed by atoms with Crippen molar-refractivity contribution in [2.75, 3.05) is 26.3 Å². The van der Waals surface area contributed by atoms with Crippen LogP contribution in [-0.2, 0) is 9.53 Å². The van der Waals surface area contributed by atoms with Crippen LogP contribution in [0.25, 0.3) is 0 Å². The molecule has 0 saturated carbocycles. The van der Waals surface area contributed by atoms with Gasteiger partial charge < -0.3 is 9.47 Å². The van der Waals surface area contributed by atoms with Crippen molar-refractivity contribution in [2.24, 2.45) is 5.92 Å². The first-order valence-electron chi connectivity index (χ1n) is 9.28. The Morgan fingerprint density at radius 1 is 1.40 bits per heavy atom. The van der Waals surface area contributed by atoms with Crippen LogP contribution in [-0.4, -0.2) is 43.2 Å². The van der Waals surface area contributed by atoms with Gasteiger partial charge in [-0.25, -0.2) is 0 Å². The number of aryl methyl sites for hydroxylation is 1. The summed E-state index contributed by atoms with van der Waals surface area (Å²) < 4.78 is 12.0. The first-order valence-corrected chi connectivity index (χ1v) is 10.1. The molecule has 2 rings (SSSR count). The number of nitrogens with zero attached hydrogens (tertiary/aromatic N) is 1. The number of halogens is 1. The van der Waals surface area contributed by atoms with Crippen LogP contribution in [0.2, 0.25) is 0 Å². The van der Waals surface area contributed by atoms with Crippen molar-refractivity contribution in [1.82, 2.24) is 4.90 Å². The minimum atomic E-state index is -0.106. The molecular formula is C20H30BrNO3. The van der Waals surface area contributed by atoms with Crippen molar-refractivity contribution in [3.63, 3.8) is 0 Å². The number of hydrogen-bond acceptors (Lipinski definition) is 4. The predicted molar refractivity (Wildman–Crippen MR) is 104 cm³/mol. The van der Waals surface area contributed by atoms with E-state index in [0.29, 0.717) is 19.2 Å². The van der Waals surface area contributed by atoms with E-state index < -0.39 is 0 Å². The highest BCUT2D eigenvalue weighted by Crippen LogP contribution is 2.27. The largest absolute Gasteiger partial charge is 0.494 e. The Bertz CT molecular complexity index is 564. The molecule has 1 heterocycles. The van der Waals surface area contributed by atoms with Crippen molar-refractivity contribution < 1.29 is 14.3 Å². The van der Waals surface area contributed by atoms with E-state index in [9.17, 15) is 4.79 Å². The number of carbonyl (C=O) groups is 1. The van der Waals surface area contributed by atoms with Gasteiger partial charge in [-0.3, -0.25) is 9.69 Å². The topological polar surface area (TPSA) is 38.8 Å². The van der Waals surface area contributed by atoms with Gasteiger partial charge in [-0.15, -0.1) is 0 Å². The van der Waals surface area contributed by atoms with Gasteiger partial charge in [0.2, 0.25) is 0 Å². The molecule has 0 aliphatic carbocycles. The van der Waals surface area contributed by atoms with Crippen molar-refractivity contribution in [3.8, 4) is 5.75 Å². The third-order valence-electron chi connectivity index (χ3n) is 4.91. The maximum atomic E-state index is 11.6. The molecule has 4 nitrogen and oxygen atoms in total. The number of hydrogen-bond donors (Lipinski definition) is 0. The van der Waals surface area contributed by atoms with Gasteiger partial charge in [-0.2, -0.15) is 0 Å². The molecule has 0 amide bonds. The van der Waals surface area contributed by atoms with Crippen LogP contribution in [0, 0.1) is 12.8 Å². The molecule has 0 radical (unpaired) electrons. The van der Waals surface area contributed by atoms with Crippen molar-refractivity contribution in [2.45, 2.75) is 52.5 Å². The molecule has 140 valence electrons. The number of piperidine rings is 1. The van der Waals surface area contributed by atoms with Gasteiger partial charge in [0.05, 0.1) is 19.8 Å². The van der Waals surface area contributed by atoms with Crippen LogP contribution in [0.3, 0.4) is 0 Å². The van der Waals surface area contributed by atoms with Gasteiger partial charge in [0.25, 0.3) is 0 Å². The molecule has 1 saturated heterocycles. The summed E-state index contributed by atoms with van der Waals surface area (Å²) in [6.45, 7) is 8.77. The third-order valence-corrected chi connectivity index (χ3v) is 5.80. The summed E-state index contributed by atoms with van der Waals surface area (Å²) in [6, 6.07) is 6.55. The molecule has 1 fully saturated rings. The second-order valence-corrected chi connectivity index (χ2v) is 7.77. The molecule has 0 unspecified atom stereocenters. The second kappa shape index (κ2) is 10.2. The maximum Gasteiger partial charge on any atom is 0.320 e. The van der Waals surface area contributed by atoms with E-state index in [-0.39, 0.29) is 5.97 Å². The average molecular weight is 412 g/mol. The fourth-order valence-electron chi connectivity index (χ4n) is 3.46. The molecular weight excluding hydrogens is 382 g/mol. The minimum absolute atomic E-state index is 0.106. The minimum Gasteiger partial charge on any atom is -0.494 e. The summed E-state index contributed by atoms with van der Waals surface area (Å²) in [4.78, 5) is 13.9. The number of benzene rings is 1. The van der Waals surface area contributed by atoms with Crippen molar-refractivity contribution in [3.05, 3.63) is 28.2 Å². The van der Waals surface area contributed by atoms with E-state index in [0.717, 1.165) is 48.6 Å². The highest BCUT2D eigenvalue weighted by Gasteiger charge is 2.26. The van der Waals surface area contributed by atoms with Crippen LogP contribution in [0.1, 0.15) is 45.1 Å². The Hall–Kier alpha value is -1.07. The number of likely N-dealkylation sites (tertiary alicyclic amines) is 1. The Kier molecular flexibility index (Phi) is 8.24. The first-order chi connectivity index (χ1) is 12.0. The van der Waals surface area contributed by atoms with Gasteiger partial charge in [-0.1, -0.05) is 15.9 Å². The molecule has 1 aliphatic rings. The third kappa shape index (κ3) is 6.63. The molecule has 0 bridgehead atoms.